The Kier molecular flexibility index (Phi) is 6.55. The highest BCUT2D eigenvalue weighted by Gasteiger charge is 2.25. The molecule has 0 saturated carbocycles. The molecule has 0 spiro atoms. The standard InChI is InChI=1S/C34H31N/c1-25(2)35(31-20-18-29(19-21-31)28-12-5-4-6-13-28)32-22-23-33(26(3)24-32)34-15-9-11-27-10-7-8-14-30(34)17-16-27/h4-15,18-23,26-27,30H,1,24H2,2-3H3/b10-7-,11-9-,14-8-,34-15+. The zero-order valence-electron chi connectivity index (χ0n) is 20.5. The highest BCUT2D eigenvalue weighted by Crippen LogP contribution is 2.38. The molecule has 0 aromatic heterocycles. The minimum Gasteiger partial charge on any atom is -0.319 e. The summed E-state index contributed by atoms with van der Waals surface area (Å²) in [5.41, 5.74) is 8.56. The second-order valence-electron chi connectivity index (χ2n) is 9.44. The summed E-state index contributed by atoms with van der Waals surface area (Å²) in [4.78, 5) is 2.29. The Hall–Kier alpha value is -4.02. The zero-order valence-corrected chi connectivity index (χ0v) is 20.5. The van der Waals surface area contributed by atoms with Crippen molar-refractivity contribution in [2.75, 3.05) is 4.90 Å². The summed E-state index contributed by atoms with van der Waals surface area (Å²) in [6, 6.07) is 19.3. The number of allylic oxidation sites excluding steroid dienone is 13. The van der Waals surface area contributed by atoms with Crippen molar-refractivity contribution >= 4 is 5.69 Å². The van der Waals surface area contributed by atoms with E-state index in [4.69, 9.17) is 0 Å². The molecule has 35 heavy (non-hydrogen) atoms. The third-order valence-corrected chi connectivity index (χ3v) is 6.80. The van der Waals surface area contributed by atoms with Gasteiger partial charge in [0.2, 0.25) is 0 Å². The highest BCUT2D eigenvalue weighted by atomic mass is 15.1. The fraction of sp³-hybridized carbons (Fsp3) is 0.176. The van der Waals surface area contributed by atoms with Crippen LogP contribution in [-0.2, 0) is 0 Å². The second kappa shape index (κ2) is 10.1. The molecular weight excluding hydrogens is 422 g/mol. The lowest BCUT2D eigenvalue weighted by molar-refractivity contribution is 0.646. The maximum absolute atomic E-state index is 4.30. The molecule has 2 aromatic carbocycles. The van der Waals surface area contributed by atoms with E-state index in [1.165, 1.54) is 28.0 Å². The Morgan fingerprint density at radius 3 is 2.26 bits per heavy atom. The van der Waals surface area contributed by atoms with Crippen molar-refractivity contribution in [2.24, 2.45) is 17.8 Å². The van der Waals surface area contributed by atoms with Gasteiger partial charge in [0, 0.05) is 17.1 Å². The second-order valence-corrected chi connectivity index (χ2v) is 9.44. The van der Waals surface area contributed by atoms with Crippen molar-refractivity contribution in [3.8, 4) is 23.0 Å². The van der Waals surface area contributed by atoms with Gasteiger partial charge in [-0.05, 0) is 59.7 Å². The van der Waals surface area contributed by atoms with Crippen LogP contribution in [-0.4, -0.2) is 0 Å². The number of rotatable bonds is 5. The van der Waals surface area contributed by atoms with E-state index >= 15 is 0 Å². The van der Waals surface area contributed by atoms with Gasteiger partial charge in [0.15, 0.2) is 0 Å². The van der Waals surface area contributed by atoms with Crippen molar-refractivity contribution in [1.29, 1.82) is 0 Å². The maximum atomic E-state index is 4.30. The molecule has 0 radical (unpaired) electrons. The van der Waals surface area contributed by atoms with Gasteiger partial charge in [-0.15, -0.1) is 0 Å². The van der Waals surface area contributed by atoms with Crippen LogP contribution < -0.4 is 4.90 Å². The quantitative estimate of drug-likeness (QED) is 0.411. The number of nitrogens with zero attached hydrogens (tertiary/aromatic N) is 1. The van der Waals surface area contributed by atoms with Crippen LogP contribution in [0.25, 0.3) is 11.1 Å². The van der Waals surface area contributed by atoms with Gasteiger partial charge in [-0.2, -0.15) is 0 Å². The molecule has 2 aromatic rings. The van der Waals surface area contributed by atoms with Crippen LogP contribution in [0.5, 0.6) is 0 Å². The first-order chi connectivity index (χ1) is 17.1. The average Bonchev–Trinajstić information content (AvgIpc) is 2.84. The van der Waals surface area contributed by atoms with Crippen LogP contribution >= 0.6 is 0 Å². The van der Waals surface area contributed by atoms with E-state index in [0.717, 1.165) is 17.8 Å². The van der Waals surface area contributed by atoms with Gasteiger partial charge in [0.1, 0.15) is 0 Å². The van der Waals surface area contributed by atoms with Crippen molar-refractivity contribution in [3.05, 3.63) is 138 Å². The summed E-state index contributed by atoms with van der Waals surface area (Å²) in [6.45, 7) is 8.70. The summed E-state index contributed by atoms with van der Waals surface area (Å²) in [6.07, 6.45) is 20.7. The average molecular weight is 454 g/mol. The third-order valence-electron chi connectivity index (χ3n) is 6.80. The fourth-order valence-electron chi connectivity index (χ4n) is 5.05. The number of hydrogen-bond acceptors (Lipinski definition) is 1. The van der Waals surface area contributed by atoms with Crippen LogP contribution in [0.4, 0.5) is 5.69 Å². The van der Waals surface area contributed by atoms with Gasteiger partial charge in [-0.3, -0.25) is 0 Å². The molecule has 0 amide bonds. The van der Waals surface area contributed by atoms with Crippen LogP contribution in [0.1, 0.15) is 20.3 Å². The summed E-state index contributed by atoms with van der Waals surface area (Å²) in [5, 5.41) is 0. The molecule has 1 heteroatoms. The molecule has 0 heterocycles. The lowest BCUT2D eigenvalue weighted by atomic mass is 9.79. The topological polar surface area (TPSA) is 3.24 Å². The predicted octanol–water partition coefficient (Wildman–Crippen LogP) is 8.40. The lowest BCUT2D eigenvalue weighted by Gasteiger charge is -2.33. The van der Waals surface area contributed by atoms with E-state index in [1.54, 1.807) is 0 Å². The van der Waals surface area contributed by atoms with Gasteiger partial charge >= 0.3 is 0 Å². The van der Waals surface area contributed by atoms with Crippen LogP contribution in [0.15, 0.2) is 138 Å². The Morgan fingerprint density at radius 1 is 0.800 bits per heavy atom. The van der Waals surface area contributed by atoms with Gasteiger partial charge in [-0.25, -0.2) is 0 Å². The molecule has 3 atom stereocenters. The van der Waals surface area contributed by atoms with E-state index < -0.39 is 0 Å². The molecule has 3 aliphatic rings. The number of anilines is 1. The van der Waals surface area contributed by atoms with Gasteiger partial charge in [0.25, 0.3) is 0 Å². The van der Waals surface area contributed by atoms with Gasteiger partial charge in [-0.1, -0.05) is 116 Å². The molecule has 1 nitrogen and oxygen atoms in total. The summed E-state index contributed by atoms with van der Waals surface area (Å²) in [5.74, 6) is 7.60. The molecule has 0 saturated heterocycles. The van der Waals surface area contributed by atoms with Crippen LogP contribution in [0.3, 0.4) is 0 Å². The highest BCUT2D eigenvalue weighted by molar-refractivity contribution is 5.68. The van der Waals surface area contributed by atoms with E-state index in [1.807, 2.05) is 0 Å². The van der Waals surface area contributed by atoms with Gasteiger partial charge in [0.05, 0.1) is 11.8 Å². The molecule has 172 valence electrons. The number of benzene rings is 2. The Bertz CT molecular complexity index is 1350. The van der Waals surface area contributed by atoms with Crippen molar-refractivity contribution < 1.29 is 0 Å². The van der Waals surface area contributed by atoms with Gasteiger partial charge < -0.3 is 4.90 Å². The zero-order chi connectivity index (χ0) is 24.2. The van der Waals surface area contributed by atoms with E-state index in [-0.39, 0.29) is 11.8 Å². The van der Waals surface area contributed by atoms with E-state index in [2.05, 4.69) is 146 Å². The largest absolute Gasteiger partial charge is 0.319 e. The first kappa shape index (κ1) is 22.8. The molecule has 0 aliphatic heterocycles. The van der Waals surface area contributed by atoms with E-state index in [9.17, 15) is 0 Å². The maximum Gasteiger partial charge on any atom is 0.0638 e. The fourth-order valence-corrected chi connectivity index (χ4v) is 5.05. The smallest absolute Gasteiger partial charge is 0.0638 e. The molecule has 2 bridgehead atoms. The third kappa shape index (κ3) is 4.93. The molecule has 3 aliphatic carbocycles. The molecule has 0 N–H and O–H groups in total. The van der Waals surface area contributed by atoms with E-state index in [0.29, 0.717) is 5.92 Å². The minimum absolute atomic E-state index is 0.124. The van der Waals surface area contributed by atoms with Crippen molar-refractivity contribution in [3.63, 3.8) is 0 Å². The summed E-state index contributed by atoms with van der Waals surface area (Å²) < 4.78 is 0. The SMILES string of the molecule is C=C(C)N(C1=CC=C(/C2=C/C=C\C3C#CC2/C=C\C=C/3)C(C)C1)c1ccc(-c2ccccc2)cc1. The Morgan fingerprint density at radius 2 is 1.51 bits per heavy atom. The molecular formula is C34H31N. The van der Waals surface area contributed by atoms with Crippen molar-refractivity contribution in [2.45, 2.75) is 20.3 Å². The lowest BCUT2D eigenvalue weighted by Crippen LogP contribution is -2.24. The normalized spacial score (nSPS) is 26.7. The first-order valence-electron chi connectivity index (χ1n) is 12.4. The number of hydrogen-bond donors (Lipinski definition) is 0. The molecule has 3 unspecified atom stereocenters. The first-order valence-corrected chi connectivity index (χ1v) is 12.4. The minimum atomic E-state index is 0.124. The van der Waals surface area contributed by atoms with Crippen LogP contribution in [0, 0.1) is 29.6 Å². The monoisotopic (exact) mass is 453 g/mol. The molecule has 0 fully saturated rings. The van der Waals surface area contributed by atoms with Crippen LogP contribution in [0.2, 0.25) is 0 Å². The van der Waals surface area contributed by atoms with Crippen molar-refractivity contribution in [1.82, 2.24) is 0 Å². The molecule has 5 rings (SSSR count). The predicted molar refractivity (Wildman–Crippen MR) is 149 cm³/mol. The summed E-state index contributed by atoms with van der Waals surface area (Å²) in [7, 11) is 0. The Balaban J connectivity index is 1.45. The summed E-state index contributed by atoms with van der Waals surface area (Å²) >= 11 is 0. The number of fused-ring (bicyclic) bond motifs is 2. The Labute approximate surface area is 209 Å².